The van der Waals surface area contributed by atoms with Gasteiger partial charge in [0.05, 0.1) is 6.61 Å². The summed E-state index contributed by atoms with van der Waals surface area (Å²) in [5.41, 5.74) is 5.23. The van der Waals surface area contributed by atoms with E-state index in [1.165, 1.54) is 7.11 Å². The molecule has 15 heavy (non-hydrogen) atoms. The van der Waals surface area contributed by atoms with Crippen LogP contribution in [0.5, 0.6) is 0 Å². The fourth-order valence-electron chi connectivity index (χ4n) is 0.794. The molecule has 0 saturated carbocycles. The average molecular weight is 219 g/mol. The Balaban J connectivity index is 3.42. The molecule has 7 heteroatoms. The van der Waals surface area contributed by atoms with Crippen molar-refractivity contribution >= 4 is 12.0 Å². The van der Waals surface area contributed by atoms with Gasteiger partial charge in [-0.15, -0.1) is 0 Å². The lowest BCUT2D eigenvalue weighted by molar-refractivity contribution is -0.138. The number of hydrogen-bond donors (Lipinski definition) is 4. The molecule has 0 spiro atoms. The first-order valence-electron chi connectivity index (χ1n) is 4.57. The number of amides is 2. The molecule has 0 aliphatic rings. The van der Waals surface area contributed by atoms with Crippen molar-refractivity contribution in [3.8, 4) is 0 Å². The lowest BCUT2D eigenvalue weighted by Crippen LogP contribution is -2.40. The van der Waals surface area contributed by atoms with Gasteiger partial charge in [0.2, 0.25) is 0 Å². The van der Waals surface area contributed by atoms with Crippen molar-refractivity contribution in [2.45, 2.75) is 12.5 Å². The average Bonchev–Trinajstić information content (AvgIpc) is 2.18. The van der Waals surface area contributed by atoms with Crippen molar-refractivity contribution in [1.82, 2.24) is 10.6 Å². The third-order valence-electron chi connectivity index (χ3n) is 1.65. The molecule has 0 aliphatic heterocycles. The maximum Gasteiger partial charge on any atom is 0.320 e. The van der Waals surface area contributed by atoms with Crippen LogP contribution in [-0.4, -0.2) is 50.0 Å². The van der Waals surface area contributed by atoms with E-state index in [1.54, 1.807) is 0 Å². The van der Waals surface area contributed by atoms with Gasteiger partial charge in [-0.2, -0.15) is 0 Å². The van der Waals surface area contributed by atoms with Gasteiger partial charge in [-0.1, -0.05) is 0 Å². The lowest BCUT2D eigenvalue weighted by Gasteiger charge is -2.08. The molecule has 0 aliphatic carbocycles. The van der Waals surface area contributed by atoms with E-state index in [0.717, 1.165) is 0 Å². The number of carbonyl (C=O) groups is 2. The highest BCUT2D eigenvalue weighted by molar-refractivity contribution is 5.74. The fraction of sp³-hybridized carbons (Fsp3) is 0.750. The predicted molar refractivity (Wildman–Crippen MR) is 53.5 cm³/mol. The van der Waals surface area contributed by atoms with Crippen LogP contribution in [0.25, 0.3) is 0 Å². The zero-order valence-corrected chi connectivity index (χ0v) is 8.66. The number of urea groups is 1. The monoisotopic (exact) mass is 219 g/mol. The van der Waals surface area contributed by atoms with Gasteiger partial charge < -0.3 is 26.2 Å². The molecule has 0 bridgehead atoms. The molecule has 0 radical (unpaired) electrons. The normalized spacial score (nSPS) is 11.9. The molecule has 0 fully saturated rings. The highest BCUT2D eigenvalue weighted by Gasteiger charge is 2.10. The third kappa shape index (κ3) is 7.71. The first kappa shape index (κ1) is 13.7. The van der Waals surface area contributed by atoms with E-state index in [4.69, 9.17) is 15.6 Å². The predicted octanol–water partition coefficient (Wildman–Crippen LogP) is -1.27. The number of ether oxygens (including phenoxy) is 1. The standard InChI is InChI=1S/C8H17N3O4/c1-15-5-4-11-8(14)10-3-2-6(9)7(12)13/h6H,2-5,9H2,1H3,(H,12,13)(H2,10,11,14)/t6-/m0/s1. The summed E-state index contributed by atoms with van der Waals surface area (Å²) in [5.74, 6) is -1.07. The van der Waals surface area contributed by atoms with Crippen molar-refractivity contribution in [1.29, 1.82) is 0 Å². The number of hydrogen-bond acceptors (Lipinski definition) is 4. The van der Waals surface area contributed by atoms with Crippen LogP contribution in [0.4, 0.5) is 4.79 Å². The van der Waals surface area contributed by atoms with E-state index in [-0.39, 0.29) is 19.0 Å². The van der Waals surface area contributed by atoms with E-state index in [0.29, 0.717) is 13.2 Å². The van der Waals surface area contributed by atoms with E-state index in [1.807, 2.05) is 0 Å². The Hall–Kier alpha value is -1.34. The molecule has 0 rings (SSSR count). The van der Waals surface area contributed by atoms with Crippen LogP contribution in [0, 0.1) is 0 Å². The van der Waals surface area contributed by atoms with E-state index < -0.39 is 12.0 Å². The van der Waals surface area contributed by atoms with Gasteiger partial charge in [0, 0.05) is 20.2 Å². The van der Waals surface area contributed by atoms with Crippen molar-refractivity contribution in [2.24, 2.45) is 5.73 Å². The summed E-state index contributed by atoms with van der Waals surface area (Å²) in [7, 11) is 1.53. The second kappa shape index (κ2) is 8.01. The molecule has 88 valence electrons. The first-order chi connectivity index (χ1) is 7.07. The zero-order valence-electron chi connectivity index (χ0n) is 8.66. The zero-order chi connectivity index (χ0) is 11.7. The molecular formula is C8H17N3O4. The van der Waals surface area contributed by atoms with Crippen LogP contribution in [0.3, 0.4) is 0 Å². The molecule has 0 saturated heterocycles. The second-order valence-corrected chi connectivity index (χ2v) is 2.91. The van der Waals surface area contributed by atoms with Crippen LogP contribution >= 0.6 is 0 Å². The van der Waals surface area contributed by atoms with Gasteiger partial charge in [0.25, 0.3) is 0 Å². The molecule has 7 nitrogen and oxygen atoms in total. The third-order valence-corrected chi connectivity index (χ3v) is 1.65. The molecule has 2 amide bonds. The van der Waals surface area contributed by atoms with Crippen LogP contribution in [-0.2, 0) is 9.53 Å². The Labute approximate surface area is 88.0 Å². The Morgan fingerprint density at radius 3 is 2.53 bits per heavy atom. The van der Waals surface area contributed by atoms with Crippen molar-refractivity contribution in [2.75, 3.05) is 26.8 Å². The Bertz CT molecular complexity index is 210. The van der Waals surface area contributed by atoms with Gasteiger partial charge in [0.1, 0.15) is 6.04 Å². The minimum atomic E-state index is -1.07. The molecule has 1 atom stereocenters. The number of rotatable bonds is 7. The molecule has 0 aromatic rings. The van der Waals surface area contributed by atoms with Crippen LogP contribution in [0.2, 0.25) is 0 Å². The Morgan fingerprint density at radius 2 is 2.00 bits per heavy atom. The summed E-state index contributed by atoms with van der Waals surface area (Å²) in [4.78, 5) is 21.3. The maximum absolute atomic E-state index is 11.0. The highest BCUT2D eigenvalue weighted by Crippen LogP contribution is 1.85. The van der Waals surface area contributed by atoms with E-state index >= 15 is 0 Å². The minimum Gasteiger partial charge on any atom is -0.480 e. The largest absolute Gasteiger partial charge is 0.480 e. The summed E-state index contributed by atoms with van der Waals surface area (Å²) in [6.07, 6.45) is 0.201. The summed E-state index contributed by atoms with van der Waals surface area (Å²) in [6, 6.07) is -1.30. The molecule has 0 heterocycles. The van der Waals surface area contributed by atoms with Gasteiger partial charge >= 0.3 is 12.0 Å². The fourth-order valence-corrected chi connectivity index (χ4v) is 0.794. The number of carbonyl (C=O) groups excluding carboxylic acids is 1. The summed E-state index contributed by atoms with van der Waals surface area (Å²) in [6.45, 7) is 1.07. The molecular weight excluding hydrogens is 202 g/mol. The maximum atomic E-state index is 11.0. The van der Waals surface area contributed by atoms with Crippen LogP contribution < -0.4 is 16.4 Å². The lowest BCUT2D eigenvalue weighted by atomic mass is 10.2. The molecule has 5 N–H and O–H groups in total. The first-order valence-corrected chi connectivity index (χ1v) is 4.57. The van der Waals surface area contributed by atoms with Gasteiger partial charge in [-0.05, 0) is 6.42 Å². The molecule has 0 aromatic carbocycles. The highest BCUT2D eigenvalue weighted by atomic mass is 16.5. The number of nitrogens with one attached hydrogen (secondary N) is 2. The summed E-state index contributed by atoms with van der Waals surface area (Å²) >= 11 is 0. The number of methoxy groups -OCH3 is 1. The van der Waals surface area contributed by atoms with Gasteiger partial charge in [-0.3, -0.25) is 4.79 Å². The van der Waals surface area contributed by atoms with Gasteiger partial charge in [0.15, 0.2) is 0 Å². The van der Waals surface area contributed by atoms with Crippen molar-refractivity contribution < 1.29 is 19.4 Å². The van der Waals surface area contributed by atoms with Crippen molar-refractivity contribution in [3.63, 3.8) is 0 Å². The second-order valence-electron chi connectivity index (χ2n) is 2.91. The molecule has 0 aromatic heterocycles. The topological polar surface area (TPSA) is 114 Å². The summed E-state index contributed by atoms with van der Waals surface area (Å²) < 4.78 is 4.73. The summed E-state index contributed by atoms with van der Waals surface area (Å²) in [5, 5.41) is 13.5. The smallest absolute Gasteiger partial charge is 0.320 e. The van der Waals surface area contributed by atoms with Gasteiger partial charge in [-0.25, -0.2) is 4.79 Å². The van der Waals surface area contributed by atoms with Crippen LogP contribution in [0.15, 0.2) is 0 Å². The van der Waals surface area contributed by atoms with Crippen molar-refractivity contribution in [3.05, 3.63) is 0 Å². The Morgan fingerprint density at radius 1 is 1.40 bits per heavy atom. The molecule has 0 unspecified atom stereocenters. The number of carboxylic acids is 1. The minimum absolute atomic E-state index is 0.201. The Kier molecular flexibility index (Phi) is 7.29. The van der Waals surface area contributed by atoms with E-state index in [9.17, 15) is 9.59 Å². The quantitative estimate of drug-likeness (QED) is 0.399. The number of carboxylic acid groups (broad SMARTS) is 1. The van der Waals surface area contributed by atoms with Crippen LogP contribution in [0.1, 0.15) is 6.42 Å². The number of nitrogens with two attached hydrogens (primary N) is 1. The SMILES string of the molecule is COCCNC(=O)NCC[C@H](N)C(=O)O. The van der Waals surface area contributed by atoms with E-state index in [2.05, 4.69) is 10.6 Å². The number of aliphatic carboxylic acids is 1.